The van der Waals surface area contributed by atoms with E-state index in [-0.39, 0.29) is 11.8 Å². The Morgan fingerprint density at radius 1 is 1.00 bits per heavy atom. The molecule has 2 aromatic rings. The zero-order valence-corrected chi connectivity index (χ0v) is 21.5. The van der Waals surface area contributed by atoms with Gasteiger partial charge in [0.25, 0.3) is 5.91 Å². The van der Waals surface area contributed by atoms with E-state index in [9.17, 15) is 9.59 Å². The van der Waals surface area contributed by atoms with Gasteiger partial charge in [-0.3, -0.25) is 9.59 Å². The second kappa shape index (κ2) is 10.3. The van der Waals surface area contributed by atoms with E-state index in [1.54, 1.807) is 30.0 Å². The first-order valence-corrected chi connectivity index (χ1v) is 14.2. The maximum absolute atomic E-state index is 13.2. The van der Waals surface area contributed by atoms with Crippen molar-refractivity contribution in [1.29, 1.82) is 0 Å². The third-order valence-electron chi connectivity index (χ3n) is 8.39. The summed E-state index contributed by atoms with van der Waals surface area (Å²) < 4.78 is 5.32. The molecule has 2 aromatic carbocycles. The molecule has 0 radical (unpaired) electrons. The largest absolute Gasteiger partial charge is 0.496 e. The molecule has 4 saturated carbocycles. The normalized spacial score (nSPS) is 27.3. The molecular formula is C29H36N2O3S. The van der Waals surface area contributed by atoms with Crippen molar-refractivity contribution in [2.45, 2.75) is 56.4 Å². The summed E-state index contributed by atoms with van der Waals surface area (Å²) in [4.78, 5) is 26.1. The van der Waals surface area contributed by atoms with Crippen LogP contribution in [-0.4, -0.2) is 37.0 Å². The van der Waals surface area contributed by atoms with E-state index < -0.39 is 6.04 Å². The highest BCUT2D eigenvalue weighted by molar-refractivity contribution is 7.98. The number of methoxy groups -OCH3 is 1. The topological polar surface area (TPSA) is 67.4 Å². The third-order valence-corrected chi connectivity index (χ3v) is 9.03. The summed E-state index contributed by atoms with van der Waals surface area (Å²) in [6, 6.07) is 15.0. The molecule has 35 heavy (non-hydrogen) atoms. The van der Waals surface area contributed by atoms with Crippen LogP contribution in [0.25, 0.3) is 0 Å². The lowest BCUT2D eigenvalue weighted by Gasteiger charge is -2.57. The van der Waals surface area contributed by atoms with Crippen molar-refractivity contribution >= 4 is 29.3 Å². The van der Waals surface area contributed by atoms with Crippen LogP contribution >= 0.6 is 11.8 Å². The van der Waals surface area contributed by atoms with Crippen molar-refractivity contribution in [1.82, 2.24) is 5.32 Å². The van der Waals surface area contributed by atoms with Gasteiger partial charge in [0.1, 0.15) is 11.8 Å². The van der Waals surface area contributed by atoms with Crippen LogP contribution in [0, 0.1) is 17.8 Å². The van der Waals surface area contributed by atoms with Gasteiger partial charge in [0.2, 0.25) is 5.91 Å². The first kappa shape index (κ1) is 24.2. The van der Waals surface area contributed by atoms with E-state index >= 15 is 0 Å². The Kier molecular flexibility index (Phi) is 7.10. The summed E-state index contributed by atoms with van der Waals surface area (Å²) >= 11 is 1.66. The molecule has 1 atom stereocenters. The maximum atomic E-state index is 13.2. The number of amides is 2. The molecule has 6 rings (SSSR count). The Labute approximate surface area is 212 Å². The molecule has 186 valence electrons. The van der Waals surface area contributed by atoms with Gasteiger partial charge in [0.05, 0.1) is 12.7 Å². The molecule has 4 aliphatic carbocycles. The van der Waals surface area contributed by atoms with Gasteiger partial charge in [-0.1, -0.05) is 24.3 Å². The lowest BCUT2D eigenvalue weighted by molar-refractivity contribution is -0.118. The lowest BCUT2D eigenvalue weighted by Crippen LogP contribution is -2.48. The van der Waals surface area contributed by atoms with Crippen molar-refractivity contribution in [3.05, 3.63) is 59.7 Å². The number of nitrogens with one attached hydrogen (secondary N) is 2. The van der Waals surface area contributed by atoms with E-state index in [2.05, 4.69) is 22.8 Å². The minimum Gasteiger partial charge on any atom is -0.496 e. The Morgan fingerprint density at radius 3 is 2.23 bits per heavy atom. The molecule has 2 amide bonds. The van der Waals surface area contributed by atoms with Crippen LogP contribution in [0.1, 0.15) is 60.9 Å². The number of rotatable bonds is 9. The minimum absolute atomic E-state index is 0.190. The van der Waals surface area contributed by atoms with Gasteiger partial charge >= 0.3 is 0 Å². The summed E-state index contributed by atoms with van der Waals surface area (Å²) in [6.07, 6.45) is 10.9. The van der Waals surface area contributed by atoms with Crippen LogP contribution in [-0.2, 0) is 10.2 Å². The number of carbonyl (C=O) groups is 2. The second-order valence-electron chi connectivity index (χ2n) is 10.8. The second-order valence-corrected chi connectivity index (χ2v) is 11.8. The van der Waals surface area contributed by atoms with Gasteiger partial charge in [0.15, 0.2) is 0 Å². The standard InChI is InChI=1S/C29H36N2O3S/c1-34-26-6-4-3-5-24(26)27(32)31-25(11-12-35-2)28(33)30-23-9-7-22(8-10-23)29-16-19-13-20(17-29)15-21(14-19)18-29/h3-10,19-21,25H,11-18H2,1-2H3,(H,30,33)(H,31,32)/t19?,20?,21?,25-,29?/m0/s1. The maximum Gasteiger partial charge on any atom is 0.255 e. The van der Waals surface area contributed by atoms with Gasteiger partial charge in [-0.2, -0.15) is 11.8 Å². The van der Waals surface area contributed by atoms with Crippen LogP contribution < -0.4 is 15.4 Å². The van der Waals surface area contributed by atoms with Gasteiger partial charge in [-0.05, 0) is 110 Å². The minimum atomic E-state index is -0.623. The van der Waals surface area contributed by atoms with E-state index in [1.165, 1.54) is 51.2 Å². The summed E-state index contributed by atoms with van der Waals surface area (Å²) in [5.41, 5.74) is 3.00. The zero-order chi connectivity index (χ0) is 24.4. The number of thioether (sulfide) groups is 1. The van der Waals surface area contributed by atoms with Crippen LogP contribution in [0.2, 0.25) is 0 Å². The quantitative estimate of drug-likeness (QED) is 0.474. The first-order valence-electron chi connectivity index (χ1n) is 12.8. The van der Waals surface area contributed by atoms with E-state index in [1.807, 2.05) is 24.5 Å². The van der Waals surface area contributed by atoms with Crippen molar-refractivity contribution < 1.29 is 14.3 Å². The van der Waals surface area contributed by atoms with Crippen molar-refractivity contribution in [3.8, 4) is 5.75 Å². The van der Waals surface area contributed by atoms with Gasteiger partial charge < -0.3 is 15.4 Å². The Balaban J connectivity index is 1.26. The molecular weight excluding hydrogens is 456 g/mol. The molecule has 4 aliphatic rings. The smallest absolute Gasteiger partial charge is 0.255 e. The molecule has 0 saturated heterocycles. The van der Waals surface area contributed by atoms with Crippen LogP contribution in [0.4, 0.5) is 5.69 Å². The summed E-state index contributed by atoms with van der Waals surface area (Å²) in [6.45, 7) is 0. The fourth-order valence-electron chi connectivity index (χ4n) is 7.17. The van der Waals surface area contributed by atoms with E-state index in [0.717, 1.165) is 29.2 Å². The number of hydrogen-bond acceptors (Lipinski definition) is 4. The van der Waals surface area contributed by atoms with Crippen molar-refractivity contribution in [3.63, 3.8) is 0 Å². The Bertz CT molecular complexity index is 1030. The highest BCUT2D eigenvalue weighted by Gasteiger charge is 2.51. The van der Waals surface area contributed by atoms with Crippen LogP contribution in [0.15, 0.2) is 48.5 Å². The Morgan fingerprint density at radius 2 is 1.63 bits per heavy atom. The zero-order valence-electron chi connectivity index (χ0n) is 20.7. The number of hydrogen-bond donors (Lipinski definition) is 2. The number of benzene rings is 2. The van der Waals surface area contributed by atoms with Gasteiger partial charge in [-0.25, -0.2) is 0 Å². The van der Waals surface area contributed by atoms with Crippen LogP contribution in [0.5, 0.6) is 5.75 Å². The monoisotopic (exact) mass is 492 g/mol. The van der Waals surface area contributed by atoms with E-state index in [4.69, 9.17) is 4.74 Å². The fourth-order valence-corrected chi connectivity index (χ4v) is 7.64. The third kappa shape index (κ3) is 5.09. The number of carbonyl (C=O) groups excluding carboxylic acids is 2. The molecule has 0 heterocycles. The van der Waals surface area contributed by atoms with Gasteiger partial charge in [-0.15, -0.1) is 0 Å². The molecule has 4 fully saturated rings. The lowest BCUT2D eigenvalue weighted by atomic mass is 9.48. The molecule has 0 aromatic heterocycles. The van der Waals surface area contributed by atoms with Gasteiger partial charge in [0, 0.05) is 5.69 Å². The average Bonchev–Trinajstić information content (AvgIpc) is 2.86. The molecule has 4 bridgehead atoms. The highest BCUT2D eigenvalue weighted by atomic mass is 32.2. The molecule has 0 aliphatic heterocycles. The molecule has 6 heteroatoms. The average molecular weight is 493 g/mol. The summed E-state index contributed by atoms with van der Waals surface area (Å²) in [7, 11) is 1.54. The first-order chi connectivity index (χ1) is 17.0. The number of para-hydroxylation sites is 1. The molecule has 0 spiro atoms. The number of ether oxygens (including phenoxy) is 1. The van der Waals surface area contributed by atoms with Crippen LogP contribution in [0.3, 0.4) is 0 Å². The SMILES string of the molecule is COc1ccccc1C(=O)N[C@@H](CCSC)C(=O)Nc1ccc(C23CC4CC(CC(C4)C2)C3)cc1. The highest BCUT2D eigenvalue weighted by Crippen LogP contribution is 2.60. The molecule has 5 nitrogen and oxygen atoms in total. The Hall–Kier alpha value is -2.47. The number of anilines is 1. The molecule has 0 unspecified atom stereocenters. The van der Waals surface area contributed by atoms with Crippen molar-refractivity contribution in [2.75, 3.05) is 24.4 Å². The molecule has 2 N–H and O–H groups in total. The predicted octanol–water partition coefficient (Wildman–Crippen LogP) is 5.65. The summed E-state index contributed by atoms with van der Waals surface area (Å²) in [5.74, 6) is 3.49. The van der Waals surface area contributed by atoms with E-state index in [0.29, 0.717) is 23.1 Å². The summed E-state index contributed by atoms with van der Waals surface area (Å²) in [5, 5.41) is 5.96. The fraction of sp³-hybridized carbons (Fsp3) is 0.517. The van der Waals surface area contributed by atoms with Crippen molar-refractivity contribution in [2.24, 2.45) is 17.8 Å². The predicted molar refractivity (Wildman–Crippen MR) is 142 cm³/mol.